The first-order chi connectivity index (χ1) is 10.5. The fourth-order valence-corrected chi connectivity index (χ4v) is 3.42. The Morgan fingerprint density at radius 3 is 1.48 bits per heavy atom. The summed E-state index contributed by atoms with van der Waals surface area (Å²) >= 11 is 0. The Labute approximate surface area is 198 Å². The van der Waals surface area contributed by atoms with Crippen LogP contribution in [0.4, 0.5) is 0 Å². The van der Waals surface area contributed by atoms with Gasteiger partial charge in [0.1, 0.15) is 0 Å². The van der Waals surface area contributed by atoms with Crippen LogP contribution < -0.4 is 56.5 Å². The van der Waals surface area contributed by atoms with Crippen molar-refractivity contribution in [3.05, 3.63) is 12.1 Å². The van der Waals surface area contributed by atoms with E-state index in [-0.39, 0.29) is 56.8 Å². The first-order valence-electron chi connectivity index (χ1n) is 8.10. The van der Waals surface area contributed by atoms with E-state index < -0.39 is 18.9 Å². The summed E-state index contributed by atoms with van der Waals surface area (Å²) in [5.74, 6) is 0.104. The molecular weight excluding hydrogens is 366 g/mol. The zero-order valence-electron chi connectivity index (χ0n) is 18.2. The minimum Gasteiger partial charge on any atom is -0.842 e. The maximum Gasteiger partial charge on any atom is 1.00 e. The molecule has 0 fully saturated rings. The number of hydrogen-bond acceptors (Lipinski definition) is 4. The summed E-state index contributed by atoms with van der Waals surface area (Å²) in [5.41, 5.74) is -1.74. The van der Waals surface area contributed by atoms with Gasteiger partial charge in [0.2, 0.25) is 0 Å². The molecule has 0 aliphatic heterocycles. The molecule has 0 bridgehead atoms. The van der Waals surface area contributed by atoms with Crippen molar-refractivity contribution in [2.24, 2.45) is 5.41 Å². The first-order valence-corrected chi connectivity index (χ1v) is 9.98. The summed E-state index contributed by atoms with van der Waals surface area (Å²) in [5, 5.41) is 18.1. The van der Waals surface area contributed by atoms with Crippen molar-refractivity contribution in [3.8, 4) is 0 Å². The fraction of sp³-hybridized carbons (Fsp3) is 0.778. The van der Waals surface area contributed by atoms with E-state index in [1.165, 1.54) is 5.92 Å². The quantitative estimate of drug-likeness (QED) is 0.411. The minimum atomic E-state index is -1.97. The summed E-state index contributed by atoms with van der Waals surface area (Å²) in [6.07, 6.45) is 6.15. The van der Waals surface area contributed by atoms with Crippen molar-refractivity contribution >= 4 is 19.6 Å². The van der Waals surface area contributed by atoms with Gasteiger partial charge in [-0.15, -0.1) is 0 Å². The monoisotopic (exact) mass is 404 g/mol. The molecule has 0 atom stereocenters. The largest absolute Gasteiger partial charge is 1.00 e. The van der Waals surface area contributed by atoms with Crippen LogP contribution in [-0.4, -0.2) is 36.2 Å². The fourth-order valence-electron chi connectivity index (χ4n) is 1.14. The second-order valence-corrected chi connectivity index (χ2v) is 9.60. The molecule has 0 heterocycles. The molecule has 0 radical (unpaired) electrons. The number of carboxylic acids is 1. The van der Waals surface area contributed by atoms with E-state index in [2.05, 4.69) is 54.0 Å². The van der Waals surface area contributed by atoms with Crippen molar-refractivity contribution in [2.45, 2.75) is 74.8 Å². The Morgan fingerprint density at radius 1 is 1.12 bits per heavy atom. The summed E-state index contributed by atoms with van der Waals surface area (Å²) < 4.78 is 11.1. The molecule has 0 saturated carbocycles. The van der Waals surface area contributed by atoms with Crippen LogP contribution >= 0.6 is 7.34 Å². The molecule has 0 aromatic carbocycles. The van der Waals surface area contributed by atoms with Gasteiger partial charge < -0.3 is 25.2 Å². The van der Waals surface area contributed by atoms with Crippen LogP contribution in [0.1, 0.15) is 69.2 Å². The number of rotatable bonds is 6. The van der Waals surface area contributed by atoms with Crippen LogP contribution in [0.5, 0.6) is 0 Å². The van der Waals surface area contributed by atoms with E-state index in [4.69, 9.17) is 14.2 Å². The second-order valence-electron chi connectivity index (χ2n) is 7.37. The molecule has 0 unspecified atom stereocenters. The molecule has 25 heavy (non-hydrogen) atoms. The van der Waals surface area contributed by atoms with E-state index in [1.54, 1.807) is 0 Å². The van der Waals surface area contributed by atoms with Crippen molar-refractivity contribution in [3.63, 3.8) is 0 Å². The normalized spacial score (nSPS) is 11.5. The summed E-state index contributed by atoms with van der Waals surface area (Å²) in [4.78, 5) is 9.71. The van der Waals surface area contributed by atoms with Gasteiger partial charge in [-0.2, -0.15) is 26.2 Å². The van der Waals surface area contributed by atoms with Crippen LogP contribution in [0.2, 0.25) is 0 Å². The van der Waals surface area contributed by atoms with Gasteiger partial charge in [-0.05, 0) is 26.8 Å². The van der Waals surface area contributed by atoms with Crippen molar-refractivity contribution in [1.82, 2.24) is 0 Å². The van der Waals surface area contributed by atoms with Gasteiger partial charge in [-0.25, -0.2) is 6.16 Å². The molecule has 7 heteroatoms. The van der Waals surface area contributed by atoms with Crippen LogP contribution in [0.15, 0.2) is 0 Å². The number of hydrogen-bond donors (Lipinski definition) is 1. The first kappa shape index (κ1) is 33.8. The standard InChI is InChI=1S/C10H22O2P.C4H7O3.C4H9.K/c1-7-11-13(6,12-8-2)9-10(3,4)5;1-4(2,7)3(5)6;1-4(2)3;/h9H,6-8H2,1-5H3;1-2H3,(H,5,6);1-3H3;/q3*-1;+1. The number of carbonyl (C=O) groups is 1. The van der Waals surface area contributed by atoms with E-state index >= 15 is 0 Å². The van der Waals surface area contributed by atoms with E-state index in [0.29, 0.717) is 13.2 Å². The van der Waals surface area contributed by atoms with Crippen molar-refractivity contribution < 1.29 is 75.4 Å². The zero-order valence-corrected chi connectivity index (χ0v) is 22.2. The summed E-state index contributed by atoms with van der Waals surface area (Å²) in [6, 6.07) is 0. The Morgan fingerprint density at radius 2 is 1.36 bits per heavy atom. The van der Waals surface area contributed by atoms with E-state index in [9.17, 15) is 9.90 Å². The molecule has 0 rings (SSSR count). The van der Waals surface area contributed by atoms with E-state index in [1.807, 2.05) is 13.8 Å². The van der Waals surface area contributed by atoms with Crippen LogP contribution in [-0.2, 0) is 13.8 Å². The summed E-state index contributed by atoms with van der Waals surface area (Å²) in [6.45, 7) is 20.1. The third-order valence-electron chi connectivity index (χ3n) is 1.79. The van der Waals surface area contributed by atoms with Gasteiger partial charge in [-0.3, -0.25) is 4.79 Å². The molecule has 0 aromatic rings. The predicted molar refractivity (Wildman–Crippen MR) is 103 cm³/mol. The van der Waals surface area contributed by atoms with Gasteiger partial charge in [0.05, 0.1) is 0 Å². The zero-order chi connectivity index (χ0) is 20.2. The maximum atomic E-state index is 10.2. The molecule has 0 aliphatic carbocycles. The summed E-state index contributed by atoms with van der Waals surface area (Å²) in [7, 11) is -1.97. The Bertz CT molecular complexity index is 358. The molecule has 148 valence electrons. The van der Waals surface area contributed by atoms with Crippen LogP contribution in [0, 0.1) is 17.5 Å². The third kappa shape index (κ3) is 30.3. The smallest absolute Gasteiger partial charge is 0.842 e. The Hall–Kier alpha value is 1.29. The molecule has 1 N–H and O–H groups in total. The molecule has 0 aliphatic rings. The molecule has 0 spiro atoms. The van der Waals surface area contributed by atoms with E-state index in [0.717, 1.165) is 13.8 Å². The Balaban J connectivity index is -0.000000155. The second kappa shape index (κ2) is 16.3. The average Bonchev–Trinajstić information content (AvgIpc) is 2.24. The SMILES string of the molecule is C=P([CH-]C(C)(C)C)(OCC)OCC.CC(C)([O-])C(=O)O.C[C-](C)C.[K+]. The minimum absolute atomic E-state index is 0. The van der Waals surface area contributed by atoms with Gasteiger partial charge in [-0.1, -0.05) is 40.9 Å². The van der Waals surface area contributed by atoms with Crippen LogP contribution in [0.25, 0.3) is 0 Å². The third-order valence-corrected chi connectivity index (χ3v) is 4.35. The van der Waals surface area contributed by atoms with Crippen LogP contribution in [0.3, 0.4) is 0 Å². The molecule has 0 saturated heterocycles. The topological polar surface area (TPSA) is 78.8 Å². The molecule has 0 aromatic heterocycles. The van der Waals surface area contributed by atoms with Gasteiger partial charge >= 0.3 is 51.4 Å². The molecule has 0 amide bonds. The van der Waals surface area contributed by atoms with Gasteiger partial charge in [0.25, 0.3) is 5.97 Å². The van der Waals surface area contributed by atoms with Gasteiger partial charge in [0, 0.05) is 13.2 Å². The average molecular weight is 405 g/mol. The predicted octanol–water partition coefficient (Wildman–Crippen LogP) is 1.38. The van der Waals surface area contributed by atoms with Gasteiger partial charge in [0.15, 0.2) is 0 Å². The van der Waals surface area contributed by atoms with Crippen molar-refractivity contribution in [1.29, 1.82) is 0 Å². The maximum absolute atomic E-state index is 10.2. The number of carboxylic acid groups (broad SMARTS) is 1. The number of aliphatic carboxylic acids is 1. The molecule has 5 nitrogen and oxygen atoms in total. The Kier molecular flexibility index (Phi) is 22.0. The van der Waals surface area contributed by atoms with Crippen molar-refractivity contribution in [2.75, 3.05) is 13.2 Å². The molecular formula is C18H38KO5P-2.